The predicted octanol–water partition coefficient (Wildman–Crippen LogP) is -0.471. The summed E-state index contributed by atoms with van der Waals surface area (Å²) < 4.78 is 59.4. The van der Waals surface area contributed by atoms with Crippen LogP contribution >= 0.6 is 0 Å². The minimum absolute atomic E-state index is 0.00174. The summed E-state index contributed by atoms with van der Waals surface area (Å²) in [5, 5.41) is 23.9. The standard InChI is InChI=1S/C29H39N3O16S.C2H6/c1-17(33)46-15-18-2-3-20(14-22(18)47-27-13-19(34)12-23(48-27)29(39)40)45-11-10-44-9-7-30-28(38)21(16-49(41,42)43)31-24(35)6-8-32-25(36)4-5-26(32)37;1-2/h2-3,14,19,21,23,27,34H,4-13,15-16H2,1H3,(H,30,38)(H,31,35)(H,39,40)(H,41,42,43);1-2H3. The normalized spacial score (nSPS) is 19.3. The van der Waals surface area contributed by atoms with Gasteiger partial charge in [-0.05, 0) is 12.1 Å². The fourth-order valence-corrected chi connectivity index (χ4v) is 5.36. The number of imide groups is 1. The fraction of sp³-hybridized carbons (Fsp3) is 0.613. The summed E-state index contributed by atoms with van der Waals surface area (Å²) >= 11 is 0. The van der Waals surface area contributed by atoms with E-state index >= 15 is 0 Å². The van der Waals surface area contributed by atoms with Crippen molar-refractivity contribution in [1.82, 2.24) is 15.5 Å². The number of amides is 4. The molecule has 1 aromatic rings. The number of nitrogens with zero attached hydrogens (tertiary/aromatic N) is 1. The second kappa shape index (κ2) is 21.1. The van der Waals surface area contributed by atoms with Crippen molar-refractivity contribution in [3.63, 3.8) is 0 Å². The molecule has 2 heterocycles. The Balaban J connectivity index is 0.00000442. The van der Waals surface area contributed by atoms with Crippen molar-refractivity contribution in [2.75, 3.05) is 38.7 Å². The second-order valence-electron chi connectivity index (χ2n) is 11.0. The van der Waals surface area contributed by atoms with E-state index in [1.54, 1.807) is 12.1 Å². The van der Waals surface area contributed by atoms with E-state index < -0.39 is 76.0 Å². The average molecular weight is 748 g/mol. The van der Waals surface area contributed by atoms with Crippen molar-refractivity contribution in [2.45, 2.75) is 84.0 Å². The molecule has 4 atom stereocenters. The molecule has 4 unspecified atom stereocenters. The van der Waals surface area contributed by atoms with Gasteiger partial charge in [-0.15, -0.1) is 0 Å². The smallest absolute Gasteiger partial charge is 0.333 e. The number of aliphatic hydroxyl groups is 1. The van der Waals surface area contributed by atoms with Crippen molar-refractivity contribution in [3.05, 3.63) is 23.8 Å². The summed E-state index contributed by atoms with van der Waals surface area (Å²) in [5.41, 5.74) is 0.422. The third kappa shape index (κ3) is 15.6. The van der Waals surface area contributed by atoms with Gasteiger partial charge in [0.25, 0.3) is 10.1 Å². The maximum atomic E-state index is 12.6. The van der Waals surface area contributed by atoms with E-state index in [9.17, 15) is 52.0 Å². The molecule has 20 heteroatoms. The number of carboxylic acids is 1. The Hall–Kier alpha value is -4.37. The molecule has 2 saturated heterocycles. The summed E-state index contributed by atoms with van der Waals surface area (Å²) in [6.07, 6.45) is -3.76. The lowest BCUT2D eigenvalue weighted by atomic mass is 10.1. The summed E-state index contributed by atoms with van der Waals surface area (Å²) in [4.78, 5) is 71.9. The highest BCUT2D eigenvalue weighted by Crippen LogP contribution is 2.30. The van der Waals surface area contributed by atoms with E-state index in [-0.39, 0.29) is 77.4 Å². The van der Waals surface area contributed by atoms with Crippen LogP contribution in [0.1, 0.15) is 58.4 Å². The second-order valence-corrected chi connectivity index (χ2v) is 12.5. The quantitative estimate of drug-likeness (QED) is 0.0518. The number of ether oxygens (including phenoxy) is 5. The minimum atomic E-state index is -4.68. The molecule has 19 nitrogen and oxygen atoms in total. The number of benzene rings is 1. The van der Waals surface area contributed by atoms with E-state index in [1.165, 1.54) is 13.0 Å². The number of likely N-dealkylation sites (tertiary alicyclic amines) is 1. The molecule has 4 amide bonds. The molecule has 51 heavy (non-hydrogen) atoms. The van der Waals surface area contributed by atoms with E-state index in [2.05, 4.69) is 10.6 Å². The Morgan fingerprint density at radius 3 is 2.37 bits per heavy atom. The molecular formula is C31H45N3O16S. The van der Waals surface area contributed by atoms with Gasteiger partial charge in [-0.25, -0.2) is 4.79 Å². The SMILES string of the molecule is CC.CC(=O)OCc1ccc(OCCOCCNC(=O)C(CS(=O)(=O)O)NC(=O)CCN2C(=O)CCC2=O)cc1OC1CC(O)CC(C(=O)O)O1. The minimum Gasteiger partial charge on any atom is -0.491 e. The summed E-state index contributed by atoms with van der Waals surface area (Å²) in [7, 11) is -4.68. The molecule has 2 aliphatic rings. The van der Waals surface area contributed by atoms with Crippen LogP contribution in [0.2, 0.25) is 0 Å². The predicted molar refractivity (Wildman–Crippen MR) is 174 cm³/mol. The maximum absolute atomic E-state index is 12.6. The first kappa shape index (κ1) is 42.8. The molecule has 0 saturated carbocycles. The molecular weight excluding hydrogens is 702 g/mol. The number of carboxylic acid groups (broad SMARTS) is 1. The van der Waals surface area contributed by atoms with Gasteiger partial charge in [0.1, 0.15) is 36.5 Å². The average Bonchev–Trinajstić information content (AvgIpc) is 3.38. The molecule has 286 valence electrons. The lowest BCUT2D eigenvalue weighted by molar-refractivity contribution is -0.195. The van der Waals surface area contributed by atoms with Gasteiger partial charge in [0.15, 0.2) is 6.10 Å². The molecule has 5 N–H and O–H groups in total. The lowest BCUT2D eigenvalue weighted by Gasteiger charge is -2.31. The third-order valence-electron chi connectivity index (χ3n) is 7.06. The first-order valence-electron chi connectivity index (χ1n) is 16.2. The Morgan fingerprint density at radius 2 is 1.75 bits per heavy atom. The van der Waals surface area contributed by atoms with E-state index in [0.717, 1.165) is 4.90 Å². The van der Waals surface area contributed by atoms with Crippen molar-refractivity contribution in [1.29, 1.82) is 0 Å². The highest BCUT2D eigenvalue weighted by atomic mass is 32.2. The molecule has 1 aromatic carbocycles. The van der Waals surface area contributed by atoms with Gasteiger partial charge >= 0.3 is 11.9 Å². The van der Waals surface area contributed by atoms with Gasteiger partial charge < -0.3 is 44.5 Å². The number of aliphatic hydroxyl groups excluding tert-OH is 1. The number of rotatable bonds is 19. The Labute approximate surface area is 294 Å². The van der Waals surface area contributed by atoms with Crippen LogP contribution in [0.15, 0.2) is 18.2 Å². The van der Waals surface area contributed by atoms with Crippen molar-refractivity contribution >= 4 is 45.7 Å². The van der Waals surface area contributed by atoms with Crippen LogP contribution in [0.3, 0.4) is 0 Å². The zero-order valence-corrected chi connectivity index (χ0v) is 29.3. The van der Waals surface area contributed by atoms with Crippen LogP contribution in [0, 0.1) is 0 Å². The summed E-state index contributed by atoms with van der Waals surface area (Å²) in [6.45, 7) is 4.71. The third-order valence-corrected chi connectivity index (χ3v) is 7.81. The Bertz CT molecular complexity index is 1470. The van der Waals surface area contributed by atoms with Gasteiger partial charge in [-0.2, -0.15) is 8.42 Å². The molecule has 2 aliphatic heterocycles. The highest BCUT2D eigenvalue weighted by molar-refractivity contribution is 7.85. The number of esters is 1. The van der Waals surface area contributed by atoms with Crippen LogP contribution < -0.4 is 20.1 Å². The van der Waals surface area contributed by atoms with Gasteiger partial charge in [-0.3, -0.25) is 33.4 Å². The number of carbonyl (C=O) groups excluding carboxylic acids is 5. The topological polar surface area (TPSA) is 271 Å². The van der Waals surface area contributed by atoms with E-state index in [1.807, 2.05) is 13.8 Å². The highest BCUT2D eigenvalue weighted by Gasteiger charge is 2.34. The van der Waals surface area contributed by atoms with Crippen molar-refractivity contribution in [2.24, 2.45) is 0 Å². The lowest BCUT2D eigenvalue weighted by Crippen LogP contribution is -2.51. The number of hydrogen-bond donors (Lipinski definition) is 5. The summed E-state index contributed by atoms with van der Waals surface area (Å²) in [6, 6.07) is 2.93. The van der Waals surface area contributed by atoms with Crippen LogP contribution in [-0.2, 0) is 59.7 Å². The number of hydrogen-bond acceptors (Lipinski definition) is 14. The Kier molecular flexibility index (Phi) is 17.7. The zero-order chi connectivity index (χ0) is 38.1. The molecule has 3 rings (SSSR count). The fourth-order valence-electron chi connectivity index (χ4n) is 4.71. The van der Waals surface area contributed by atoms with Crippen LogP contribution in [0.25, 0.3) is 0 Å². The zero-order valence-electron chi connectivity index (χ0n) is 28.5. The molecule has 0 bridgehead atoms. The number of aliphatic carboxylic acids is 1. The van der Waals surface area contributed by atoms with E-state index in [0.29, 0.717) is 11.3 Å². The summed E-state index contributed by atoms with van der Waals surface area (Å²) in [5.74, 6) is -5.06. The van der Waals surface area contributed by atoms with Gasteiger partial charge in [0, 0.05) is 63.7 Å². The first-order chi connectivity index (χ1) is 24.1. The molecule has 0 aromatic heterocycles. The molecule has 2 fully saturated rings. The number of nitrogens with one attached hydrogen (secondary N) is 2. The van der Waals surface area contributed by atoms with Gasteiger partial charge in [-0.1, -0.05) is 13.8 Å². The van der Waals surface area contributed by atoms with Crippen molar-refractivity contribution < 1.29 is 75.6 Å². The molecule has 0 spiro atoms. The van der Waals surface area contributed by atoms with Crippen LogP contribution in [0.4, 0.5) is 0 Å². The molecule has 0 radical (unpaired) electrons. The van der Waals surface area contributed by atoms with E-state index in [4.69, 9.17) is 23.7 Å². The Morgan fingerprint density at radius 1 is 1.06 bits per heavy atom. The maximum Gasteiger partial charge on any atom is 0.333 e. The first-order valence-corrected chi connectivity index (χ1v) is 17.8. The van der Waals surface area contributed by atoms with Crippen LogP contribution in [-0.4, -0.2) is 127 Å². The monoisotopic (exact) mass is 747 g/mol. The number of carbonyl (C=O) groups is 6. The van der Waals surface area contributed by atoms with Gasteiger partial charge in [0.05, 0.1) is 19.3 Å². The van der Waals surface area contributed by atoms with Gasteiger partial charge in [0.2, 0.25) is 29.9 Å². The molecule has 0 aliphatic carbocycles. The largest absolute Gasteiger partial charge is 0.491 e. The van der Waals surface area contributed by atoms with Crippen molar-refractivity contribution in [3.8, 4) is 11.5 Å². The van der Waals surface area contributed by atoms with Crippen LogP contribution in [0.5, 0.6) is 11.5 Å².